The van der Waals surface area contributed by atoms with E-state index in [1.165, 1.54) is 41.4 Å². The van der Waals surface area contributed by atoms with Gasteiger partial charge >= 0.3 is 0 Å². The first-order valence-corrected chi connectivity index (χ1v) is 9.08. The lowest BCUT2D eigenvalue weighted by atomic mass is 10.3. The van der Waals surface area contributed by atoms with Gasteiger partial charge in [0.05, 0.1) is 15.1 Å². The molecule has 3 aromatic rings. The molecule has 0 aliphatic heterocycles. The van der Waals surface area contributed by atoms with E-state index in [0.717, 1.165) is 14.6 Å². The Hall–Kier alpha value is -1.70. The summed E-state index contributed by atoms with van der Waals surface area (Å²) in [6.07, 6.45) is 0. The normalized spacial score (nSPS) is 12.2. The molecule has 2 heterocycles. The van der Waals surface area contributed by atoms with Crippen LogP contribution in [0.15, 0.2) is 46.1 Å². The lowest BCUT2D eigenvalue weighted by Gasteiger charge is -2.13. The monoisotopic (exact) mass is 348 g/mol. The van der Waals surface area contributed by atoms with Crippen molar-refractivity contribution in [2.24, 2.45) is 0 Å². The summed E-state index contributed by atoms with van der Waals surface area (Å²) in [5.41, 5.74) is 0.903. The number of amides is 1. The number of hydrogen-bond donors (Lipinski definition) is 1. The highest BCUT2D eigenvalue weighted by Gasteiger charge is 2.24. The van der Waals surface area contributed by atoms with Crippen LogP contribution in [0.5, 0.6) is 0 Å². The zero-order valence-corrected chi connectivity index (χ0v) is 14.1. The number of benzene rings is 1. The van der Waals surface area contributed by atoms with Gasteiger partial charge in [-0.25, -0.2) is 4.98 Å². The Bertz CT molecular complexity index is 778. The third kappa shape index (κ3) is 3.37. The highest BCUT2D eigenvalue weighted by atomic mass is 32.2. The van der Waals surface area contributed by atoms with E-state index in [1.807, 2.05) is 35.7 Å². The number of thiophene rings is 1. The Morgan fingerprint density at radius 1 is 1.23 bits per heavy atom. The molecule has 0 aliphatic rings. The third-order valence-electron chi connectivity index (χ3n) is 2.83. The van der Waals surface area contributed by atoms with Crippen LogP contribution >= 0.6 is 34.4 Å². The Kier molecular flexibility index (Phi) is 4.56. The minimum atomic E-state index is -0.656. The Labute approximate surface area is 139 Å². The van der Waals surface area contributed by atoms with Crippen LogP contribution < -0.4 is 5.32 Å². The predicted molar refractivity (Wildman–Crippen MR) is 91.7 cm³/mol. The van der Waals surface area contributed by atoms with E-state index in [4.69, 9.17) is 0 Å². The molecule has 0 bridgehead atoms. The molecule has 22 heavy (non-hydrogen) atoms. The van der Waals surface area contributed by atoms with Crippen molar-refractivity contribution >= 4 is 56.3 Å². The third-order valence-corrected chi connectivity index (χ3v) is 5.94. The number of ketones is 1. The molecular weight excluding hydrogens is 336 g/mol. The van der Waals surface area contributed by atoms with E-state index in [9.17, 15) is 9.59 Å². The zero-order valence-electron chi connectivity index (χ0n) is 11.6. The maximum atomic E-state index is 12.5. The van der Waals surface area contributed by atoms with Gasteiger partial charge in [-0.1, -0.05) is 30.0 Å². The number of nitrogens with zero attached hydrogens (tertiary/aromatic N) is 1. The molecule has 0 aliphatic carbocycles. The lowest BCUT2D eigenvalue weighted by Crippen LogP contribution is -2.36. The summed E-state index contributed by atoms with van der Waals surface area (Å²) >= 11 is 4.17. The minimum Gasteiger partial charge on any atom is -0.337 e. The Morgan fingerprint density at radius 3 is 2.73 bits per heavy atom. The van der Waals surface area contributed by atoms with Crippen molar-refractivity contribution in [1.82, 2.24) is 10.3 Å². The fraction of sp³-hybridized carbons (Fsp3) is 0.133. The number of nitrogens with one attached hydrogen (secondary N) is 1. The van der Waals surface area contributed by atoms with Gasteiger partial charge in [0, 0.05) is 6.92 Å². The largest absolute Gasteiger partial charge is 0.337 e. The maximum absolute atomic E-state index is 12.5. The molecule has 0 saturated heterocycles. The molecule has 4 nitrogen and oxygen atoms in total. The van der Waals surface area contributed by atoms with Gasteiger partial charge in [-0.3, -0.25) is 9.59 Å². The predicted octanol–water partition coefficient (Wildman–Crippen LogP) is 3.80. The van der Waals surface area contributed by atoms with Crippen LogP contribution in [0.4, 0.5) is 0 Å². The second-order valence-corrected chi connectivity index (χ2v) is 7.82. The van der Waals surface area contributed by atoms with Gasteiger partial charge in [0.1, 0.15) is 5.37 Å². The Morgan fingerprint density at radius 2 is 2.05 bits per heavy atom. The van der Waals surface area contributed by atoms with Crippen molar-refractivity contribution in [3.8, 4) is 0 Å². The van der Waals surface area contributed by atoms with Gasteiger partial charge in [0.2, 0.25) is 11.7 Å². The van der Waals surface area contributed by atoms with E-state index in [1.54, 1.807) is 6.07 Å². The number of fused-ring (bicyclic) bond motifs is 1. The fourth-order valence-corrected chi connectivity index (χ4v) is 4.91. The number of hydrogen-bond acceptors (Lipinski definition) is 6. The molecule has 2 aromatic heterocycles. The summed E-state index contributed by atoms with van der Waals surface area (Å²) in [5.74, 6) is -0.335. The van der Waals surface area contributed by atoms with E-state index < -0.39 is 5.37 Å². The van der Waals surface area contributed by atoms with Crippen LogP contribution in [0, 0.1) is 0 Å². The van der Waals surface area contributed by atoms with Gasteiger partial charge in [-0.05, 0) is 23.6 Å². The number of rotatable bonds is 5. The van der Waals surface area contributed by atoms with Crippen LogP contribution in [0.1, 0.15) is 16.6 Å². The summed E-state index contributed by atoms with van der Waals surface area (Å²) in [5, 5.41) is 3.90. The van der Waals surface area contributed by atoms with Crippen molar-refractivity contribution in [3.63, 3.8) is 0 Å². The first-order valence-electron chi connectivity index (χ1n) is 6.50. The average molecular weight is 348 g/mol. The molecule has 112 valence electrons. The minimum absolute atomic E-state index is 0.102. The quantitative estimate of drug-likeness (QED) is 0.433. The first kappa shape index (κ1) is 15.2. The van der Waals surface area contributed by atoms with E-state index >= 15 is 0 Å². The molecule has 1 aromatic carbocycles. The zero-order chi connectivity index (χ0) is 15.5. The van der Waals surface area contributed by atoms with Crippen molar-refractivity contribution < 1.29 is 9.59 Å². The van der Waals surface area contributed by atoms with Crippen LogP contribution in [0.25, 0.3) is 10.2 Å². The second-order valence-electron chi connectivity index (χ2n) is 4.49. The molecule has 1 amide bonds. The number of aromatic nitrogens is 1. The topological polar surface area (TPSA) is 59.1 Å². The molecule has 0 saturated carbocycles. The van der Waals surface area contributed by atoms with Gasteiger partial charge in [0.25, 0.3) is 0 Å². The van der Waals surface area contributed by atoms with E-state index in [0.29, 0.717) is 4.88 Å². The number of Topliss-reactive ketones (excluding diaryl/α,β-unsaturated/α-hetero) is 1. The first-order chi connectivity index (χ1) is 10.6. The lowest BCUT2D eigenvalue weighted by molar-refractivity contribution is -0.118. The maximum Gasteiger partial charge on any atom is 0.218 e. The van der Waals surface area contributed by atoms with Crippen LogP contribution in [-0.4, -0.2) is 22.0 Å². The van der Waals surface area contributed by atoms with Gasteiger partial charge in [0.15, 0.2) is 4.34 Å². The molecule has 1 N–H and O–H groups in total. The molecular formula is C15H12N2O2S3. The number of carbonyl (C=O) groups excluding carboxylic acids is 2. The van der Waals surface area contributed by atoms with Gasteiger partial charge in [-0.2, -0.15) is 0 Å². The molecule has 7 heteroatoms. The molecule has 3 rings (SSSR count). The number of thioether (sulfide) groups is 1. The van der Waals surface area contributed by atoms with Crippen LogP contribution in [0.2, 0.25) is 0 Å². The second kappa shape index (κ2) is 6.60. The molecule has 0 spiro atoms. The number of carbonyl (C=O) groups is 2. The fourth-order valence-electron chi connectivity index (χ4n) is 1.88. The van der Waals surface area contributed by atoms with Gasteiger partial charge in [-0.15, -0.1) is 22.7 Å². The molecule has 0 fully saturated rings. The number of thiazole rings is 1. The highest BCUT2D eigenvalue weighted by molar-refractivity contribution is 8.02. The summed E-state index contributed by atoms with van der Waals surface area (Å²) in [6, 6.07) is 11.4. The van der Waals surface area contributed by atoms with Crippen LogP contribution in [-0.2, 0) is 4.79 Å². The average Bonchev–Trinajstić information content (AvgIpc) is 3.14. The molecule has 1 atom stereocenters. The molecule has 0 radical (unpaired) electrons. The summed E-state index contributed by atoms with van der Waals surface area (Å²) in [4.78, 5) is 29.0. The standard InChI is InChI=1S/C15H12N2O2S3/c1-9(18)16-14(13(19)12-7-4-8-20-12)22-15-17-10-5-2-3-6-11(10)21-15/h2-8,14H,1H3,(H,16,18)/t14-/m0/s1. The molecule has 0 unspecified atom stereocenters. The van der Waals surface area contributed by atoms with E-state index in [-0.39, 0.29) is 11.7 Å². The van der Waals surface area contributed by atoms with E-state index in [2.05, 4.69) is 10.3 Å². The van der Waals surface area contributed by atoms with Crippen molar-refractivity contribution in [2.45, 2.75) is 16.6 Å². The van der Waals surface area contributed by atoms with Crippen LogP contribution in [0.3, 0.4) is 0 Å². The number of para-hydroxylation sites is 1. The van der Waals surface area contributed by atoms with Gasteiger partial charge < -0.3 is 5.32 Å². The Balaban J connectivity index is 1.86. The SMILES string of the molecule is CC(=O)N[C@@H](Sc1nc2ccccc2s1)C(=O)c1cccs1. The van der Waals surface area contributed by atoms with Crippen molar-refractivity contribution in [2.75, 3.05) is 0 Å². The smallest absolute Gasteiger partial charge is 0.218 e. The highest BCUT2D eigenvalue weighted by Crippen LogP contribution is 2.32. The summed E-state index contributed by atoms with van der Waals surface area (Å²) in [6.45, 7) is 1.41. The van der Waals surface area contributed by atoms with Crippen molar-refractivity contribution in [1.29, 1.82) is 0 Å². The summed E-state index contributed by atoms with van der Waals surface area (Å²) < 4.78 is 1.83. The summed E-state index contributed by atoms with van der Waals surface area (Å²) in [7, 11) is 0. The van der Waals surface area contributed by atoms with Crippen molar-refractivity contribution in [3.05, 3.63) is 46.7 Å².